The van der Waals surface area contributed by atoms with Crippen molar-refractivity contribution in [2.75, 3.05) is 18.4 Å². The number of fused-ring (bicyclic) bond motifs is 1. The lowest BCUT2D eigenvalue weighted by Gasteiger charge is -2.44. The van der Waals surface area contributed by atoms with Gasteiger partial charge in [-0.05, 0) is 36.4 Å². The second-order valence-corrected chi connectivity index (χ2v) is 8.04. The topological polar surface area (TPSA) is 108 Å². The van der Waals surface area contributed by atoms with Crippen molar-refractivity contribution in [3.05, 3.63) is 64.2 Å². The van der Waals surface area contributed by atoms with Crippen molar-refractivity contribution in [1.82, 2.24) is 4.90 Å². The normalized spacial score (nSPS) is 21.3. The highest BCUT2D eigenvalue weighted by Crippen LogP contribution is 2.38. The molecule has 1 amide bonds. The quantitative estimate of drug-likeness (QED) is 0.491. The number of halogens is 7. The van der Waals surface area contributed by atoms with Crippen LogP contribution in [0.15, 0.2) is 41.4 Å². The monoisotopic (exact) mass is 522 g/mol. The maximum atomic E-state index is 15.2. The number of amides is 1. The second kappa shape index (κ2) is 9.64. The van der Waals surface area contributed by atoms with Crippen molar-refractivity contribution in [1.29, 1.82) is 0 Å². The first kappa shape index (κ1) is 26.1. The van der Waals surface area contributed by atoms with Gasteiger partial charge in [-0.2, -0.15) is 13.2 Å². The van der Waals surface area contributed by atoms with E-state index in [4.69, 9.17) is 27.2 Å². The molecular formula is C21H17ClF6N4O3. The van der Waals surface area contributed by atoms with Crippen molar-refractivity contribution in [3.63, 3.8) is 0 Å². The van der Waals surface area contributed by atoms with Gasteiger partial charge in [0.15, 0.2) is 11.8 Å². The van der Waals surface area contributed by atoms with Gasteiger partial charge in [0, 0.05) is 23.6 Å². The van der Waals surface area contributed by atoms with Crippen LogP contribution in [0.4, 0.5) is 32.0 Å². The van der Waals surface area contributed by atoms with E-state index in [-0.39, 0.29) is 42.5 Å². The number of likely N-dealkylation sites (tertiary alicyclic amines) is 1. The summed E-state index contributed by atoms with van der Waals surface area (Å²) in [5.74, 6) is -4.87. The number of piperidine rings is 1. The van der Waals surface area contributed by atoms with Gasteiger partial charge >= 0.3 is 12.1 Å². The maximum Gasteiger partial charge on any atom is 0.490 e. The number of nitrogens with one attached hydrogen (secondary N) is 1. The van der Waals surface area contributed by atoms with Crippen molar-refractivity contribution in [2.45, 2.75) is 24.4 Å². The van der Waals surface area contributed by atoms with Crippen LogP contribution in [0, 0.1) is 11.6 Å². The molecule has 2 aliphatic heterocycles. The number of nitrogens with zero attached hydrogens (tertiary/aromatic N) is 2. The van der Waals surface area contributed by atoms with Gasteiger partial charge in [0.2, 0.25) is 0 Å². The molecule has 2 heterocycles. The highest BCUT2D eigenvalue weighted by molar-refractivity contribution is 6.30. The fourth-order valence-corrected chi connectivity index (χ4v) is 3.69. The predicted molar refractivity (Wildman–Crippen MR) is 114 cm³/mol. The number of carboxylic acids is 1. The summed E-state index contributed by atoms with van der Waals surface area (Å²) >= 11 is 5.82. The second-order valence-electron chi connectivity index (χ2n) is 7.60. The third-order valence-corrected chi connectivity index (χ3v) is 5.56. The highest BCUT2D eigenvalue weighted by Gasteiger charge is 2.48. The molecule has 2 aromatic rings. The summed E-state index contributed by atoms with van der Waals surface area (Å²) in [5, 5.41) is 10.3. The van der Waals surface area contributed by atoms with Gasteiger partial charge in [-0.15, -0.1) is 0 Å². The first-order chi connectivity index (χ1) is 16.2. The third-order valence-electron chi connectivity index (χ3n) is 5.30. The fraction of sp³-hybridized carbons (Fsp3) is 0.286. The largest absolute Gasteiger partial charge is 0.490 e. The first-order valence-electron chi connectivity index (χ1n) is 9.86. The van der Waals surface area contributed by atoms with Gasteiger partial charge < -0.3 is 21.1 Å². The number of carbonyl (C=O) groups excluding carboxylic acids is 1. The van der Waals surface area contributed by atoms with E-state index >= 15 is 4.39 Å². The molecule has 7 nitrogen and oxygen atoms in total. The Balaban J connectivity index is 0.000000429. The van der Waals surface area contributed by atoms with Crippen LogP contribution in [0.25, 0.3) is 0 Å². The number of carbonyl (C=O) groups is 2. The molecule has 2 unspecified atom stereocenters. The lowest BCUT2D eigenvalue weighted by atomic mass is 9.91. The number of anilines is 1. The van der Waals surface area contributed by atoms with E-state index in [0.717, 1.165) is 12.1 Å². The Bertz CT molecular complexity index is 1170. The summed E-state index contributed by atoms with van der Waals surface area (Å²) in [6, 6.07) is 8.16. The molecule has 1 spiro atoms. The molecule has 2 aromatic carbocycles. The first-order valence-corrected chi connectivity index (χ1v) is 10.2. The summed E-state index contributed by atoms with van der Waals surface area (Å²) < 4.78 is 75.1. The molecule has 0 radical (unpaired) electrons. The van der Waals surface area contributed by atoms with Gasteiger partial charge in [0.1, 0.15) is 17.5 Å². The SMILES string of the molecule is NC1=NC2(CCN(C(=O)c3ccc(Cl)cc3)CC2F)Nc2c(F)ccc(F)c21.O=C(O)C(F)(F)F. The maximum absolute atomic E-state index is 15.2. The summed E-state index contributed by atoms with van der Waals surface area (Å²) in [7, 11) is 0. The molecule has 14 heteroatoms. The van der Waals surface area contributed by atoms with E-state index in [2.05, 4.69) is 10.3 Å². The number of aliphatic imine (C=N–C) groups is 1. The van der Waals surface area contributed by atoms with Gasteiger partial charge in [-0.25, -0.2) is 23.0 Å². The van der Waals surface area contributed by atoms with E-state index in [1.165, 1.54) is 4.90 Å². The number of carboxylic acid groups (broad SMARTS) is 1. The smallest absolute Gasteiger partial charge is 0.475 e. The lowest BCUT2D eigenvalue weighted by Crippen LogP contribution is -2.60. The Kier molecular flexibility index (Phi) is 7.20. The van der Waals surface area contributed by atoms with Crippen molar-refractivity contribution in [3.8, 4) is 0 Å². The molecule has 188 valence electrons. The average Bonchev–Trinajstić information content (AvgIpc) is 2.78. The van der Waals surface area contributed by atoms with Gasteiger partial charge in [0.25, 0.3) is 5.91 Å². The predicted octanol–water partition coefficient (Wildman–Crippen LogP) is 3.96. The zero-order chi connectivity index (χ0) is 26.1. The lowest BCUT2D eigenvalue weighted by molar-refractivity contribution is -0.192. The number of rotatable bonds is 1. The van der Waals surface area contributed by atoms with Crippen molar-refractivity contribution < 1.29 is 41.0 Å². The molecule has 35 heavy (non-hydrogen) atoms. The highest BCUT2D eigenvalue weighted by atomic mass is 35.5. The Morgan fingerprint density at radius 1 is 1.14 bits per heavy atom. The van der Waals surface area contributed by atoms with E-state index in [1.807, 2.05) is 0 Å². The fourth-order valence-electron chi connectivity index (χ4n) is 3.56. The van der Waals surface area contributed by atoms with Crippen LogP contribution in [0.3, 0.4) is 0 Å². The summed E-state index contributed by atoms with van der Waals surface area (Å²) in [6.45, 7) is -0.102. The minimum absolute atomic E-state index is 0.0452. The number of hydrogen-bond acceptors (Lipinski definition) is 5. The van der Waals surface area contributed by atoms with Crippen LogP contribution >= 0.6 is 11.6 Å². The molecule has 2 aliphatic rings. The molecule has 2 atom stereocenters. The van der Waals surface area contributed by atoms with Crippen LogP contribution < -0.4 is 11.1 Å². The van der Waals surface area contributed by atoms with E-state index in [0.29, 0.717) is 10.6 Å². The summed E-state index contributed by atoms with van der Waals surface area (Å²) in [4.78, 5) is 27.0. The number of alkyl halides is 4. The Labute approximate surface area is 199 Å². The Morgan fingerprint density at radius 3 is 2.26 bits per heavy atom. The molecule has 1 fully saturated rings. The molecule has 4 rings (SSSR count). The van der Waals surface area contributed by atoms with Crippen molar-refractivity contribution >= 4 is 35.0 Å². The third kappa shape index (κ3) is 5.45. The standard InChI is InChI=1S/C19H16ClF3N4O.C2HF3O2/c20-11-3-1-10(2-4-11)18(28)27-8-7-19(14(23)9-27)25-16-13(22)6-5-12(21)15(16)17(24)26-19;3-2(4,5)1(6)7/h1-6,14,25H,7-9H2,(H2,24,26);(H,6,7). The number of benzene rings is 2. The van der Waals surface area contributed by atoms with E-state index in [9.17, 15) is 26.7 Å². The molecule has 0 aliphatic carbocycles. The minimum Gasteiger partial charge on any atom is -0.475 e. The van der Waals surface area contributed by atoms with E-state index in [1.54, 1.807) is 24.3 Å². The molecule has 1 saturated heterocycles. The zero-order valence-corrected chi connectivity index (χ0v) is 18.3. The number of hydrogen-bond donors (Lipinski definition) is 3. The Morgan fingerprint density at radius 2 is 1.71 bits per heavy atom. The van der Waals surface area contributed by atoms with Crippen LogP contribution in [0.5, 0.6) is 0 Å². The molecule has 0 aromatic heterocycles. The van der Waals surface area contributed by atoms with Gasteiger partial charge in [-0.3, -0.25) is 4.79 Å². The average molecular weight is 523 g/mol. The van der Waals surface area contributed by atoms with E-state index < -0.39 is 35.6 Å². The van der Waals surface area contributed by atoms with Crippen molar-refractivity contribution in [2.24, 2.45) is 10.7 Å². The van der Waals surface area contributed by atoms with Gasteiger partial charge in [0.05, 0.1) is 17.8 Å². The minimum atomic E-state index is -5.08. The van der Waals surface area contributed by atoms with Crippen LogP contribution in [0.2, 0.25) is 5.02 Å². The molecule has 0 bridgehead atoms. The summed E-state index contributed by atoms with van der Waals surface area (Å²) in [6.07, 6.45) is -6.71. The number of amidine groups is 1. The number of nitrogens with two attached hydrogens (primary N) is 1. The van der Waals surface area contributed by atoms with Crippen LogP contribution in [-0.4, -0.2) is 58.8 Å². The molecule has 4 N–H and O–H groups in total. The summed E-state index contributed by atoms with van der Waals surface area (Å²) in [5.41, 5.74) is 4.23. The molecular weight excluding hydrogens is 506 g/mol. The zero-order valence-electron chi connectivity index (χ0n) is 17.5. The Hall–Kier alpha value is -3.48. The number of aliphatic carboxylic acids is 1. The van der Waals surface area contributed by atoms with Crippen LogP contribution in [-0.2, 0) is 4.79 Å². The van der Waals surface area contributed by atoms with Gasteiger partial charge in [-0.1, -0.05) is 11.6 Å². The molecule has 0 saturated carbocycles. The van der Waals surface area contributed by atoms with Crippen LogP contribution in [0.1, 0.15) is 22.3 Å².